The van der Waals surface area contributed by atoms with Crippen LogP contribution in [0, 0.1) is 0 Å². The second-order valence-electron chi connectivity index (χ2n) is 7.15. The van der Waals surface area contributed by atoms with E-state index in [0.717, 1.165) is 36.1 Å². The van der Waals surface area contributed by atoms with Gasteiger partial charge in [0.2, 0.25) is 5.91 Å². The molecule has 142 valence electrons. The number of rotatable bonds is 7. The number of carbonyl (C=O) groups is 1. The van der Waals surface area contributed by atoms with Crippen LogP contribution in [0.4, 0.5) is 0 Å². The van der Waals surface area contributed by atoms with Gasteiger partial charge in [-0.2, -0.15) is 0 Å². The third-order valence-corrected chi connectivity index (χ3v) is 6.08. The van der Waals surface area contributed by atoms with E-state index in [9.17, 15) is 4.79 Å². The Kier molecular flexibility index (Phi) is 5.62. The fourth-order valence-corrected chi connectivity index (χ4v) is 4.45. The van der Waals surface area contributed by atoms with E-state index in [1.807, 2.05) is 23.1 Å². The number of amides is 1. The highest BCUT2D eigenvalue weighted by Crippen LogP contribution is 2.41. The molecule has 0 aliphatic heterocycles. The molecule has 0 N–H and O–H groups in total. The Labute approximate surface area is 164 Å². The molecule has 2 aromatic rings. The molecule has 5 nitrogen and oxygen atoms in total. The molecule has 0 unspecified atom stereocenters. The molecule has 2 aliphatic carbocycles. The maximum atomic E-state index is 12.9. The van der Waals surface area contributed by atoms with Crippen molar-refractivity contribution in [2.75, 3.05) is 12.3 Å². The maximum Gasteiger partial charge on any atom is 0.237 e. The van der Waals surface area contributed by atoms with Gasteiger partial charge in [0.25, 0.3) is 0 Å². The largest absolute Gasteiger partial charge is 0.316 e. The van der Waals surface area contributed by atoms with Gasteiger partial charge in [0.15, 0.2) is 5.16 Å². The monoisotopic (exact) mass is 382 g/mol. The van der Waals surface area contributed by atoms with E-state index in [1.54, 1.807) is 0 Å². The van der Waals surface area contributed by atoms with Crippen molar-refractivity contribution in [1.82, 2.24) is 19.7 Å². The van der Waals surface area contributed by atoms with Gasteiger partial charge in [-0.05, 0) is 57.6 Å². The summed E-state index contributed by atoms with van der Waals surface area (Å²) in [5, 5.41) is 9.67. The van der Waals surface area contributed by atoms with Crippen molar-refractivity contribution in [3.05, 3.63) is 47.9 Å². The number of hydrogen-bond acceptors (Lipinski definition) is 4. The van der Waals surface area contributed by atoms with Crippen LogP contribution in [0.2, 0.25) is 0 Å². The van der Waals surface area contributed by atoms with E-state index in [0.29, 0.717) is 11.7 Å². The van der Waals surface area contributed by atoms with Gasteiger partial charge < -0.3 is 4.90 Å². The maximum absolute atomic E-state index is 12.9. The minimum Gasteiger partial charge on any atom is -0.316 e. The molecule has 1 fully saturated rings. The Morgan fingerprint density at radius 2 is 2.04 bits per heavy atom. The number of nitrogens with zero attached hydrogens (tertiary/aromatic N) is 4. The van der Waals surface area contributed by atoms with Crippen molar-refractivity contribution in [3.8, 4) is 5.69 Å². The Balaban J connectivity index is 1.51. The van der Waals surface area contributed by atoms with Gasteiger partial charge in [-0.3, -0.25) is 9.36 Å². The molecule has 4 rings (SSSR count). The van der Waals surface area contributed by atoms with Crippen molar-refractivity contribution >= 4 is 17.7 Å². The van der Waals surface area contributed by atoms with Crippen molar-refractivity contribution in [1.29, 1.82) is 0 Å². The summed E-state index contributed by atoms with van der Waals surface area (Å²) in [4.78, 5) is 14.8. The van der Waals surface area contributed by atoms with Crippen LogP contribution in [-0.2, 0) is 4.79 Å². The first-order valence-corrected chi connectivity index (χ1v) is 10.9. The molecule has 1 heterocycles. The van der Waals surface area contributed by atoms with Crippen molar-refractivity contribution in [3.63, 3.8) is 0 Å². The molecule has 0 bridgehead atoms. The first-order valence-electron chi connectivity index (χ1n) is 9.91. The second-order valence-corrected chi connectivity index (χ2v) is 8.10. The minimum atomic E-state index is 0.159. The molecule has 27 heavy (non-hydrogen) atoms. The van der Waals surface area contributed by atoms with E-state index < -0.39 is 0 Å². The van der Waals surface area contributed by atoms with Gasteiger partial charge in [0, 0.05) is 23.8 Å². The van der Waals surface area contributed by atoms with Crippen molar-refractivity contribution in [2.45, 2.75) is 56.5 Å². The lowest BCUT2D eigenvalue weighted by Crippen LogP contribution is -2.32. The molecule has 0 saturated heterocycles. The van der Waals surface area contributed by atoms with Crippen LogP contribution in [-0.4, -0.2) is 37.9 Å². The van der Waals surface area contributed by atoms with E-state index >= 15 is 0 Å². The molecule has 1 saturated carbocycles. The number of benzene rings is 1. The quantitative estimate of drug-likeness (QED) is 0.660. The summed E-state index contributed by atoms with van der Waals surface area (Å²) < 4.78 is 2.13. The fourth-order valence-electron chi connectivity index (χ4n) is 3.61. The number of para-hydroxylation sites is 1. The lowest BCUT2D eigenvalue weighted by Gasteiger charge is -2.26. The highest BCUT2D eigenvalue weighted by molar-refractivity contribution is 7.99. The van der Waals surface area contributed by atoms with Gasteiger partial charge in [-0.15, -0.1) is 10.2 Å². The number of thioether (sulfide) groups is 1. The first kappa shape index (κ1) is 18.3. The van der Waals surface area contributed by atoms with E-state index in [-0.39, 0.29) is 5.91 Å². The smallest absolute Gasteiger partial charge is 0.237 e. The number of hydrogen-bond donors (Lipinski definition) is 0. The van der Waals surface area contributed by atoms with E-state index in [4.69, 9.17) is 0 Å². The van der Waals surface area contributed by atoms with Crippen LogP contribution in [0.15, 0.2) is 47.3 Å². The Morgan fingerprint density at radius 3 is 2.70 bits per heavy atom. The Bertz CT molecular complexity index is 826. The van der Waals surface area contributed by atoms with Crippen LogP contribution in [0.5, 0.6) is 0 Å². The molecule has 1 amide bonds. The summed E-state index contributed by atoms with van der Waals surface area (Å²) in [6, 6.07) is 10.2. The molecular formula is C21H26N4OS. The van der Waals surface area contributed by atoms with Crippen LogP contribution < -0.4 is 0 Å². The topological polar surface area (TPSA) is 51.0 Å². The fraction of sp³-hybridized carbons (Fsp3) is 0.476. The zero-order valence-electron chi connectivity index (χ0n) is 15.8. The van der Waals surface area contributed by atoms with Gasteiger partial charge in [0.1, 0.15) is 5.82 Å². The predicted molar refractivity (Wildman–Crippen MR) is 108 cm³/mol. The number of aromatic nitrogens is 3. The summed E-state index contributed by atoms with van der Waals surface area (Å²) in [5.74, 6) is 2.08. The molecule has 2 aliphatic rings. The van der Waals surface area contributed by atoms with Gasteiger partial charge in [-0.1, -0.05) is 36.0 Å². The lowest BCUT2D eigenvalue weighted by molar-refractivity contribution is -0.126. The van der Waals surface area contributed by atoms with Gasteiger partial charge in [-0.25, -0.2) is 0 Å². The highest BCUT2D eigenvalue weighted by atomic mass is 32.2. The molecule has 6 heteroatoms. The number of carbonyl (C=O) groups excluding carboxylic acids is 1. The molecule has 0 radical (unpaired) electrons. The lowest BCUT2D eigenvalue weighted by atomic mass is 10.0. The van der Waals surface area contributed by atoms with Gasteiger partial charge in [0.05, 0.1) is 5.75 Å². The van der Waals surface area contributed by atoms with Crippen LogP contribution in [0.1, 0.15) is 57.2 Å². The Hall–Kier alpha value is -2.08. The minimum absolute atomic E-state index is 0.159. The SMILES string of the molecule is CCN(C(=O)CSc1nnc(C2CC2)n1-c1ccccc1)C1=CCCCC1. The van der Waals surface area contributed by atoms with Gasteiger partial charge >= 0.3 is 0 Å². The average molecular weight is 383 g/mol. The molecule has 1 aromatic carbocycles. The van der Waals surface area contributed by atoms with Crippen molar-refractivity contribution in [2.24, 2.45) is 0 Å². The average Bonchev–Trinajstić information content (AvgIpc) is 3.48. The third-order valence-electron chi connectivity index (χ3n) is 5.17. The summed E-state index contributed by atoms with van der Waals surface area (Å²) in [6.07, 6.45) is 9.07. The molecule has 0 spiro atoms. The summed E-state index contributed by atoms with van der Waals surface area (Å²) in [5.41, 5.74) is 2.26. The van der Waals surface area contributed by atoms with Crippen LogP contribution in [0.3, 0.4) is 0 Å². The summed E-state index contributed by atoms with van der Waals surface area (Å²) >= 11 is 1.49. The second kappa shape index (κ2) is 8.30. The van der Waals surface area contributed by atoms with Crippen LogP contribution >= 0.6 is 11.8 Å². The summed E-state index contributed by atoms with van der Waals surface area (Å²) in [6.45, 7) is 2.78. The summed E-state index contributed by atoms with van der Waals surface area (Å²) in [7, 11) is 0. The first-order chi connectivity index (χ1) is 13.3. The number of allylic oxidation sites excluding steroid dienone is 2. The van der Waals surface area contributed by atoms with Crippen molar-refractivity contribution < 1.29 is 4.79 Å². The molecule has 1 aromatic heterocycles. The van der Waals surface area contributed by atoms with E-state index in [2.05, 4.69) is 39.9 Å². The highest BCUT2D eigenvalue weighted by Gasteiger charge is 2.31. The Morgan fingerprint density at radius 1 is 1.22 bits per heavy atom. The molecular weight excluding hydrogens is 356 g/mol. The zero-order chi connectivity index (χ0) is 18.6. The standard InChI is InChI=1S/C21H26N4OS/c1-2-24(17-9-5-3-6-10-17)19(26)15-27-21-23-22-20(16-13-14-16)25(21)18-11-7-4-8-12-18/h4,7-9,11-12,16H,2-3,5-6,10,13-15H2,1H3. The predicted octanol–water partition coefficient (Wildman–Crippen LogP) is 4.54. The zero-order valence-corrected chi connectivity index (χ0v) is 16.6. The van der Waals surface area contributed by atoms with Crippen LogP contribution in [0.25, 0.3) is 5.69 Å². The third kappa shape index (κ3) is 4.10. The van der Waals surface area contributed by atoms with E-state index in [1.165, 1.54) is 43.1 Å². The molecule has 0 atom stereocenters. The normalized spacial score (nSPS) is 16.9.